The largest absolute Gasteiger partial charge is 0.490 e. The maximum absolute atomic E-state index is 4.87. The topological polar surface area (TPSA) is 9.23 Å². The van der Waals surface area contributed by atoms with Crippen molar-refractivity contribution in [3.63, 3.8) is 0 Å². The van der Waals surface area contributed by atoms with E-state index in [1.54, 1.807) is 0 Å². The molecule has 54 valence electrons. The maximum atomic E-state index is 4.87. The zero-order chi connectivity index (χ0) is 6.95. The quantitative estimate of drug-likeness (QED) is 0.420. The summed E-state index contributed by atoms with van der Waals surface area (Å²) >= 11 is 4.48. The number of hydrogen-bond donors (Lipinski definition) is 0. The van der Waals surface area contributed by atoms with Crippen molar-refractivity contribution in [1.82, 2.24) is 0 Å². The van der Waals surface area contributed by atoms with Gasteiger partial charge in [-0.15, -0.1) is 0 Å². The Morgan fingerprint density at radius 1 is 1.33 bits per heavy atom. The molecule has 0 aliphatic heterocycles. The molecule has 0 aromatic heterocycles. The molecule has 0 fully saturated rings. The summed E-state index contributed by atoms with van der Waals surface area (Å²) in [5.41, 5.74) is 1.34. The first-order chi connectivity index (χ1) is 4.41. The molecule has 0 bridgehead atoms. The lowest BCUT2D eigenvalue weighted by Gasteiger charge is -1.96. The molecule has 1 nitrogen and oxygen atoms in total. The second-order valence-electron chi connectivity index (χ2n) is 2.03. The van der Waals surface area contributed by atoms with Gasteiger partial charge in [0.25, 0.3) is 0 Å². The minimum atomic E-state index is 0.795. The Bertz CT molecular complexity index is 63.9. The first kappa shape index (κ1) is 8.89. The van der Waals surface area contributed by atoms with Gasteiger partial charge in [-0.05, 0) is 18.6 Å². The summed E-state index contributed by atoms with van der Waals surface area (Å²) in [7, 11) is 0. The molecule has 9 heavy (non-hydrogen) atoms. The van der Waals surface area contributed by atoms with Crippen LogP contribution < -0.4 is 0 Å². The van der Waals surface area contributed by atoms with Crippen molar-refractivity contribution < 1.29 is 4.74 Å². The second-order valence-corrected chi connectivity index (χ2v) is 2.22. The van der Waals surface area contributed by atoms with Gasteiger partial charge in [-0.1, -0.05) is 26.2 Å². The molecule has 0 atom stereocenters. The van der Waals surface area contributed by atoms with Crippen molar-refractivity contribution in [3.05, 3.63) is 0 Å². The highest BCUT2D eigenvalue weighted by molar-refractivity contribution is 7.78. The molecule has 0 radical (unpaired) electrons. The lowest BCUT2D eigenvalue weighted by Crippen LogP contribution is -1.89. The third kappa shape index (κ3) is 7.89. The molecular formula is C7H14OS. The molecule has 0 saturated carbocycles. The standard InChI is InChI=1S/C7H14OS/c1-2-3-4-5-6-8-7-9/h7H,2-6H2,1H3. The maximum Gasteiger partial charge on any atom is 0.146 e. The van der Waals surface area contributed by atoms with Gasteiger partial charge in [0.2, 0.25) is 0 Å². The zero-order valence-electron chi connectivity index (χ0n) is 5.93. The van der Waals surface area contributed by atoms with Crippen LogP contribution in [0.4, 0.5) is 0 Å². The van der Waals surface area contributed by atoms with Crippen LogP contribution in [-0.2, 0) is 4.74 Å². The zero-order valence-corrected chi connectivity index (χ0v) is 6.75. The highest BCUT2D eigenvalue weighted by atomic mass is 32.1. The predicted octanol–water partition coefficient (Wildman–Crippen LogP) is 2.54. The van der Waals surface area contributed by atoms with E-state index in [2.05, 4.69) is 19.1 Å². The Balaban J connectivity index is 2.66. The van der Waals surface area contributed by atoms with Crippen LogP contribution in [0.3, 0.4) is 0 Å². The molecule has 0 amide bonds. The first-order valence-corrected chi connectivity index (χ1v) is 3.94. The van der Waals surface area contributed by atoms with Crippen LogP contribution in [0.2, 0.25) is 0 Å². The summed E-state index contributed by atoms with van der Waals surface area (Å²) in [5, 5.41) is 0. The summed E-state index contributed by atoms with van der Waals surface area (Å²) in [5.74, 6) is 0. The van der Waals surface area contributed by atoms with Gasteiger partial charge in [0.1, 0.15) is 5.55 Å². The fraction of sp³-hybridized carbons (Fsp3) is 0.857. The van der Waals surface area contributed by atoms with E-state index >= 15 is 0 Å². The van der Waals surface area contributed by atoms with Gasteiger partial charge in [0.05, 0.1) is 6.61 Å². The lowest BCUT2D eigenvalue weighted by molar-refractivity contribution is 0.313. The van der Waals surface area contributed by atoms with Crippen molar-refractivity contribution in [3.8, 4) is 0 Å². The normalized spacial score (nSPS) is 9.00. The van der Waals surface area contributed by atoms with Gasteiger partial charge < -0.3 is 4.74 Å². The average Bonchev–Trinajstić information content (AvgIpc) is 1.89. The van der Waals surface area contributed by atoms with E-state index in [0.29, 0.717) is 0 Å². The Kier molecular flexibility index (Phi) is 7.79. The molecule has 0 aliphatic carbocycles. The van der Waals surface area contributed by atoms with E-state index in [-0.39, 0.29) is 0 Å². The van der Waals surface area contributed by atoms with Crippen molar-refractivity contribution in [2.45, 2.75) is 32.6 Å². The van der Waals surface area contributed by atoms with Crippen LogP contribution in [0.1, 0.15) is 32.6 Å². The van der Waals surface area contributed by atoms with Crippen molar-refractivity contribution in [2.24, 2.45) is 0 Å². The van der Waals surface area contributed by atoms with Gasteiger partial charge in [-0.2, -0.15) is 0 Å². The van der Waals surface area contributed by atoms with Gasteiger partial charge >= 0.3 is 0 Å². The highest BCUT2D eigenvalue weighted by Crippen LogP contribution is 1.97. The van der Waals surface area contributed by atoms with E-state index in [4.69, 9.17) is 4.74 Å². The fourth-order valence-electron chi connectivity index (χ4n) is 0.660. The monoisotopic (exact) mass is 146 g/mol. The average molecular weight is 146 g/mol. The second kappa shape index (κ2) is 7.89. The Hall–Kier alpha value is -0.110. The van der Waals surface area contributed by atoms with Crippen LogP contribution in [0.25, 0.3) is 0 Å². The van der Waals surface area contributed by atoms with E-state index in [0.717, 1.165) is 13.0 Å². The van der Waals surface area contributed by atoms with Crippen LogP contribution in [0.15, 0.2) is 0 Å². The molecule has 0 aliphatic rings. The first-order valence-electron chi connectivity index (χ1n) is 3.47. The van der Waals surface area contributed by atoms with Crippen molar-refractivity contribution in [1.29, 1.82) is 0 Å². The third-order valence-electron chi connectivity index (χ3n) is 1.18. The van der Waals surface area contributed by atoms with Crippen LogP contribution in [-0.4, -0.2) is 12.2 Å². The molecule has 0 rings (SSSR count). The number of hydrogen-bond acceptors (Lipinski definition) is 2. The summed E-state index contributed by atoms with van der Waals surface area (Å²) in [4.78, 5) is 0. The molecule has 0 saturated heterocycles. The summed E-state index contributed by atoms with van der Waals surface area (Å²) < 4.78 is 4.87. The number of rotatable bonds is 6. The minimum Gasteiger partial charge on any atom is -0.490 e. The Labute approximate surface area is 62.4 Å². The molecular weight excluding hydrogens is 132 g/mol. The van der Waals surface area contributed by atoms with Gasteiger partial charge in [0.15, 0.2) is 0 Å². The fourth-order valence-corrected chi connectivity index (χ4v) is 0.757. The van der Waals surface area contributed by atoms with E-state index in [1.807, 2.05) is 0 Å². The van der Waals surface area contributed by atoms with E-state index in [1.165, 1.54) is 24.8 Å². The molecule has 2 heteroatoms. The highest BCUT2D eigenvalue weighted by Gasteiger charge is 1.84. The van der Waals surface area contributed by atoms with Crippen LogP contribution in [0, 0.1) is 0 Å². The lowest BCUT2D eigenvalue weighted by atomic mass is 10.2. The van der Waals surface area contributed by atoms with Crippen molar-refractivity contribution >= 4 is 17.8 Å². The molecule has 0 spiro atoms. The molecule has 0 aromatic carbocycles. The van der Waals surface area contributed by atoms with Crippen LogP contribution in [0.5, 0.6) is 0 Å². The number of unbranched alkanes of at least 4 members (excludes halogenated alkanes) is 3. The minimum absolute atomic E-state index is 0.795. The smallest absolute Gasteiger partial charge is 0.146 e. The summed E-state index contributed by atoms with van der Waals surface area (Å²) in [6, 6.07) is 0. The Morgan fingerprint density at radius 2 is 2.11 bits per heavy atom. The molecule has 0 unspecified atom stereocenters. The van der Waals surface area contributed by atoms with E-state index in [9.17, 15) is 0 Å². The molecule has 0 aromatic rings. The van der Waals surface area contributed by atoms with Crippen molar-refractivity contribution in [2.75, 3.05) is 6.61 Å². The molecule has 0 N–H and O–H groups in total. The van der Waals surface area contributed by atoms with Gasteiger partial charge in [0, 0.05) is 0 Å². The van der Waals surface area contributed by atoms with Crippen LogP contribution >= 0.6 is 12.2 Å². The van der Waals surface area contributed by atoms with E-state index < -0.39 is 0 Å². The number of ether oxygens (including phenoxy) is 1. The summed E-state index contributed by atoms with van der Waals surface area (Å²) in [6.45, 7) is 2.99. The Morgan fingerprint density at radius 3 is 2.67 bits per heavy atom. The summed E-state index contributed by atoms with van der Waals surface area (Å²) in [6.07, 6.45) is 4.99. The predicted molar refractivity (Wildman–Crippen MR) is 43.7 cm³/mol. The van der Waals surface area contributed by atoms with Gasteiger partial charge in [-0.3, -0.25) is 0 Å². The third-order valence-corrected chi connectivity index (χ3v) is 1.32. The number of thiocarbonyl (C=S) groups is 1. The molecule has 0 heterocycles. The SMILES string of the molecule is CCCCCCOC=S. The van der Waals surface area contributed by atoms with Gasteiger partial charge in [-0.25, -0.2) is 0 Å².